The zero-order chi connectivity index (χ0) is 15.1. The molecule has 7 heteroatoms. The molecule has 0 heterocycles. The lowest BCUT2D eigenvalue weighted by molar-refractivity contribution is -0.145. The smallest absolute Gasteiger partial charge is 0.328 e. The zero-order valence-corrected chi connectivity index (χ0v) is 13.6. The Bertz CT molecular complexity index is 628. The van der Waals surface area contributed by atoms with E-state index in [4.69, 9.17) is 10.5 Å². The molecule has 0 unspecified atom stereocenters. The summed E-state index contributed by atoms with van der Waals surface area (Å²) in [6.07, 6.45) is 1.09. The summed E-state index contributed by atoms with van der Waals surface area (Å²) in [5.41, 5.74) is 5.29. The summed E-state index contributed by atoms with van der Waals surface area (Å²) >= 11 is 3.31. The first-order chi connectivity index (χ1) is 9.22. The van der Waals surface area contributed by atoms with E-state index in [9.17, 15) is 13.2 Å². The van der Waals surface area contributed by atoms with Crippen LogP contribution in [0.4, 0.5) is 0 Å². The monoisotopic (exact) mass is 361 g/mol. The molecular weight excluding hydrogens is 346 g/mol. The van der Waals surface area contributed by atoms with Gasteiger partial charge in [-0.3, -0.25) is 0 Å². The van der Waals surface area contributed by atoms with E-state index in [1.54, 1.807) is 31.2 Å². The maximum atomic E-state index is 12.0. The van der Waals surface area contributed by atoms with Crippen LogP contribution in [0, 0.1) is 0 Å². The predicted octanol–water partition coefficient (Wildman–Crippen LogP) is 1.22. The molecular formula is C13H16BrNO4S. The average Bonchev–Trinajstić information content (AvgIpc) is 2.99. The minimum absolute atomic E-state index is 0.168. The fourth-order valence-electron chi connectivity index (χ4n) is 2.60. The van der Waals surface area contributed by atoms with E-state index in [1.165, 1.54) is 0 Å². The van der Waals surface area contributed by atoms with Crippen LogP contribution in [0.5, 0.6) is 0 Å². The van der Waals surface area contributed by atoms with Gasteiger partial charge >= 0.3 is 5.97 Å². The van der Waals surface area contributed by atoms with Crippen molar-refractivity contribution in [3.05, 3.63) is 34.3 Å². The van der Waals surface area contributed by atoms with Gasteiger partial charge in [0, 0.05) is 16.6 Å². The van der Waals surface area contributed by atoms with E-state index in [0.29, 0.717) is 0 Å². The van der Waals surface area contributed by atoms with Crippen LogP contribution in [0.2, 0.25) is 0 Å². The minimum Gasteiger partial charge on any atom is -0.465 e. The molecule has 0 aliphatic heterocycles. The van der Waals surface area contributed by atoms with Gasteiger partial charge in [-0.05, 0) is 24.6 Å². The third-order valence-corrected chi connectivity index (χ3v) is 5.61. The first kappa shape index (κ1) is 15.5. The summed E-state index contributed by atoms with van der Waals surface area (Å²) in [6, 6.07) is 7.11. The highest BCUT2D eigenvalue weighted by Gasteiger charge is 2.73. The van der Waals surface area contributed by atoms with Gasteiger partial charge in [0.2, 0.25) is 0 Å². The van der Waals surface area contributed by atoms with Gasteiger partial charge < -0.3 is 10.5 Å². The second-order valence-electron chi connectivity index (χ2n) is 4.93. The molecule has 2 rings (SSSR count). The predicted molar refractivity (Wildman–Crippen MR) is 79.1 cm³/mol. The fourth-order valence-corrected chi connectivity index (χ4v) is 4.61. The number of carbonyl (C=O) groups is 1. The number of benzene rings is 1. The first-order valence-corrected chi connectivity index (χ1v) is 8.88. The van der Waals surface area contributed by atoms with E-state index in [2.05, 4.69) is 15.9 Å². The molecule has 1 aliphatic rings. The van der Waals surface area contributed by atoms with Crippen molar-refractivity contribution in [2.75, 3.05) is 12.9 Å². The molecule has 5 nitrogen and oxygen atoms in total. The van der Waals surface area contributed by atoms with Crippen LogP contribution < -0.4 is 5.73 Å². The van der Waals surface area contributed by atoms with Gasteiger partial charge in [-0.15, -0.1) is 0 Å². The quantitative estimate of drug-likeness (QED) is 0.814. The minimum atomic E-state index is -3.45. The normalized spacial score (nSPS) is 29.0. The van der Waals surface area contributed by atoms with E-state index in [0.717, 1.165) is 16.3 Å². The highest BCUT2D eigenvalue weighted by atomic mass is 79.9. The lowest BCUT2D eigenvalue weighted by Crippen LogP contribution is -2.41. The van der Waals surface area contributed by atoms with E-state index in [-0.39, 0.29) is 6.61 Å². The molecule has 1 aliphatic carbocycles. The number of halogens is 1. The van der Waals surface area contributed by atoms with E-state index in [1.807, 2.05) is 0 Å². The summed E-state index contributed by atoms with van der Waals surface area (Å²) < 4.78 is 29.5. The second kappa shape index (κ2) is 5.13. The Kier molecular flexibility index (Phi) is 3.96. The van der Waals surface area contributed by atoms with Crippen molar-refractivity contribution in [1.29, 1.82) is 0 Å². The summed E-state index contributed by atoms with van der Waals surface area (Å²) in [5.74, 6) is -1.23. The Labute approximate surface area is 126 Å². The Morgan fingerprint density at radius 3 is 2.40 bits per heavy atom. The Morgan fingerprint density at radius 2 is 1.95 bits per heavy atom. The number of ether oxygens (including phenoxy) is 1. The molecule has 0 bridgehead atoms. The molecule has 1 fully saturated rings. The van der Waals surface area contributed by atoms with E-state index >= 15 is 0 Å². The van der Waals surface area contributed by atoms with Gasteiger partial charge in [0.1, 0.15) is 5.54 Å². The van der Waals surface area contributed by atoms with Crippen LogP contribution in [0.25, 0.3) is 0 Å². The molecule has 1 saturated carbocycles. The van der Waals surface area contributed by atoms with E-state index < -0.39 is 32.5 Å². The van der Waals surface area contributed by atoms with Gasteiger partial charge in [-0.1, -0.05) is 28.1 Å². The molecule has 1 aromatic carbocycles. The summed E-state index contributed by atoms with van der Waals surface area (Å²) in [6.45, 7) is 1.83. The molecule has 3 atom stereocenters. The molecule has 0 spiro atoms. The number of hydrogen-bond acceptors (Lipinski definition) is 5. The maximum Gasteiger partial charge on any atom is 0.328 e. The van der Waals surface area contributed by atoms with Gasteiger partial charge in [0.05, 0.1) is 11.9 Å². The summed E-state index contributed by atoms with van der Waals surface area (Å²) in [7, 11) is -3.45. The molecule has 0 radical (unpaired) electrons. The SMILES string of the molecule is CCOC(=O)[C@@]1(N)[C@H](S(C)(=O)=O)[C@@H]1c1ccc(Br)cc1. The fraction of sp³-hybridized carbons (Fsp3) is 0.462. The summed E-state index contributed by atoms with van der Waals surface area (Å²) in [4.78, 5) is 12.0. The molecule has 110 valence electrons. The Balaban J connectivity index is 2.41. The van der Waals surface area contributed by atoms with Crippen LogP contribution in [0.15, 0.2) is 28.7 Å². The van der Waals surface area contributed by atoms with Gasteiger partial charge in [-0.2, -0.15) is 0 Å². The topological polar surface area (TPSA) is 86.5 Å². The number of nitrogens with two attached hydrogens (primary N) is 1. The maximum absolute atomic E-state index is 12.0. The standard InChI is InChI=1S/C13H16BrNO4S/c1-3-19-12(16)13(15)10(11(13)20(2,17)18)8-4-6-9(14)7-5-8/h4-7,10-11H,3,15H2,1-2H3/t10-,11+,13-/m0/s1. The highest BCUT2D eigenvalue weighted by molar-refractivity contribution is 9.10. The van der Waals surface area contributed by atoms with Crippen molar-refractivity contribution in [3.63, 3.8) is 0 Å². The van der Waals surface area contributed by atoms with Gasteiger partial charge in [0.25, 0.3) is 0 Å². The number of rotatable bonds is 4. The van der Waals surface area contributed by atoms with Crippen LogP contribution in [0.1, 0.15) is 18.4 Å². The summed E-state index contributed by atoms with van der Waals surface area (Å²) in [5, 5.41) is -0.935. The van der Waals surface area contributed by atoms with Crippen molar-refractivity contribution in [2.45, 2.75) is 23.6 Å². The lowest BCUT2D eigenvalue weighted by atomic mass is 10.1. The third kappa shape index (κ3) is 2.49. The van der Waals surface area contributed by atoms with Crippen molar-refractivity contribution in [3.8, 4) is 0 Å². The first-order valence-electron chi connectivity index (χ1n) is 6.13. The van der Waals surface area contributed by atoms with Crippen molar-refractivity contribution < 1.29 is 17.9 Å². The second-order valence-corrected chi connectivity index (χ2v) is 8.02. The Morgan fingerprint density at radius 1 is 1.40 bits per heavy atom. The highest BCUT2D eigenvalue weighted by Crippen LogP contribution is 2.54. The van der Waals surface area contributed by atoms with Crippen molar-refractivity contribution >= 4 is 31.7 Å². The van der Waals surface area contributed by atoms with Crippen molar-refractivity contribution in [1.82, 2.24) is 0 Å². The number of hydrogen-bond donors (Lipinski definition) is 1. The molecule has 0 saturated heterocycles. The van der Waals surface area contributed by atoms with Gasteiger partial charge in [0.15, 0.2) is 9.84 Å². The number of esters is 1. The molecule has 2 N–H and O–H groups in total. The number of sulfone groups is 1. The van der Waals surface area contributed by atoms with Crippen LogP contribution in [-0.4, -0.2) is 38.0 Å². The average molecular weight is 362 g/mol. The molecule has 0 amide bonds. The largest absolute Gasteiger partial charge is 0.465 e. The molecule has 0 aromatic heterocycles. The molecule has 1 aromatic rings. The van der Waals surface area contributed by atoms with Crippen molar-refractivity contribution in [2.24, 2.45) is 5.73 Å². The molecule has 20 heavy (non-hydrogen) atoms. The zero-order valence-electron chi connectivity index (χ0n) is 11.2. The number of carbonyl (C=O) groups excluding carboxylic acids is 1. The van der Waals surface area contributed by atoms with Crippen LogP contribution in [-0.2, 0) is 19.4 Å². The van der Waals surface area contributed by atoms with Gasteiger partial charge in [-0.25, -0.2) is 13.2 Å². The van der Waals surface area contributed by atoms with Crippen LogP contribution in [0.3, 0.4) is 0 Å². The third-order valence-electron chi connectivity index (χ3n) is 3.50. The lowest BCUT2D eigenvalue weighted by Gasteiger charge is -2.10. The van der Waals surface area contributed by atoms with Crippen LogP contribution >= 0.6 is 15.9 Å². The Hall–Kier alpha value is -0.920.